The molecule has 0 aliphatic carbocycles. The van der Waals surface area contributed by atoms with Crippen molar-refractivity contribution in [2.24, 2.45) is 5.92 Å². The Kier molecular flexibility index (Phi) is 5.81. The van der Waals surface area contributed by atoms with Gasteiger partial charge in [0.25, 0.3) is 10.2 Å². The van der Waals surface area contributed by atoms with E-state index in [2.05, 4.69) is 17.1 Å². The van der Waals surface area contributed by atoms with Gasteiger partial charge in [0, 0.05) is 27.2 Å². The Labute approximate surface area is 105 Å². The summed E-state index contributed by atoms with van der Waals surface area (Å²) in [5, 5.41) is 4.77. The summed E-state index contributed by atoms with van der Waals surface area (Å²) in [6.45, 7) is 5.27. The predicted molar refractivity (Wildman–Crippen MR) is 68.6 cm³/mol. The smallest absolute Gasteiger partial charge is 0.292 e. The monoisotopic (exact) mass is 264 g/mol. The second kappa shape index (κ2) is 6.65. The molecule has 0 aromatic heterocycles. The normalized spacial score (nSPS) is 20.0. The van der Waals surface area contributed by atoms with E-state index >= 15 is 0 Å². The van der Waals surface area contributed by atoms with E-state index in [-0.39, 0.29) is 0 Å². The van der Waals surface area contributed by atoms with Crippen LogP contribution in [0.4, 0.5) is 0 Å². The van der Waals surface area contributed by atoms with Gasteiger partial charge < -0.3 is 5.32 Å². The fourth-order valence-corrected chi connectivity index (χ4v) is 3.26. The van der Waals surface area contributed by atoms with Crippen LogP contribution in [-0.2, 0) is 10.2 Å². The number of hydrogen-bond acceptors (Lipinski definition) is 4. The summed E-state index contributed by atoms with van der Waals surface area (Å²) in [5.41, 5.74) is 0. The third kappa shape index (κ3) is 4.89. The van der Waals surface area contributed by atoms with E-state index in [4.69, 9.17) is 0 Å². The van der Waals surface area contributed by atoms with Gasteiger partial charge in [-0.3, -0.25) is 0 Å². The van der Waals surface area contributed by atoms with Crippen molar-refractivity contribution in [2.75, 3.05) is 40.3 Å². The van der Waals surface area contributed by atoms with E-state index in [0.717, 1.165) is 25.9 Å². The molecule has 0 unspecified atom stereocenters. The largest absolute Gasteiger partial charge is 0.317 e. The zero-order valence-corrected chi connectivity index (χ0v) is 11.8. The number of hydrazine groups is 1. The van der Waals surface area contributed by atoms with Gasteiger partial charge in [-0.15, -0.1) is 4.83 Å². The lowest BCUT2D eigenvalue weighted by Gasteiger charge is -2.32. The number of nitrogens with zero attached hydrogens (tertiary/aromatic N) is 2. The van der Waals surface area contributed by atoms with E-state index < -0.39 is 10.2 Å². The maximum absolute atomic E-state index is 11.9. The van der Waals surface area contributed by atoms with Crippen LogP contribution in [0.3, 0.4) is 0 Å². The van der Waals surface area contributed by atoms with Crippen molar-refractivity contribution in [3.8, 4) is 0 Å². The van der Waals surface area contributed by atoms with Gasteiger partial charge in [0.1, 0.15) is 0 Å². The highest BCUT2D eigenvalue weighted by atomic mass is 32.2. The van der Waals surface area contributed by atoms with Gasteiger partial charge in [0.15, 0.2) is 0 Å². The Hall–Kier alpha value is -0.210. The van der Waals surface area contributed by atoms with Crippen LogP contribution in [0.15, 0.2) is 0 Å². The average molecular weight is 264 g/mol. The van der Waals surface area contributed by atoms with Crippen molar-refractivity contribution < 1.29 is 8.42 Å². The lowest BCUT2D eigenvalue weighted by Crippen LogP contribution is -2.49. The molecule has 0 aromatic carbocycles. The summed E-state index contributed by atoms with van der Waals surface area (Å²) in [5.74, 6) is 0.598. The maximum Gasteiger partial charge on any atom is 0.292 e. The molecule has 1 aliphatic heterocycles. The molecule has 102 valence electrons. The van der Waals surface area contributed by atoms with Gasteiger partial charge in [-0.25, -0.2) is 5.01 Å². The van der Waals surface area contributed by atoms with Gasteiger partial charge in [-0.05, 0) is 31.8 Å². The zero-order chi connectivity index (χ0) is 12.9. The fourth-order valence-electron chi connectivity index (χ4n) is 1.99. The lowest BCUT2D eigenvalue weighted by atomic mass is 9.98. The molecule has 1 saturated heterocycles. The quantitative estimate of drug-likeness (QED) is 0.642. The molecule has 0 amide bonds. The van der Waals surface area contributed by atoms with Gasteiger partial charge >= 0.3 is 0 Å². The first kappa shape index (κ1) is 14.8. The van der Waals surface area contributed by atoms with Crippen LogP contribution in [0.1, 0.15) is 19.8 Å². The Balaban J connectivity index is 2.41. The third-order valence-corrected chi connectivity index (χ3v) is 4.54. The first-order valence-electron chi connectivity index (χ1n) is 6.11. The molecule has 1 rings (SSSR count). The number of rotatable bonds is 6. The molecular weight excluding hydrogens is 240 g/mol. The van der Waals surface area contributed by atoms with Crippen molar-refractivity contribution in [3.63, 3.8) is 0 Å². The van der Waals surface area contributed by atoms with Crippen LogP contribution in [0.2, 0.25) is 0 Å². The Morgan fingerprint density at radius 3 is 2.35 bits per heavy atom. The van der Waals surface area contributed by atoms with Crippen LogP contribution in [0, 0.1) is 5.92 Å². The first-order valence-corrected chi connectivity index (χ1v) is 7.55. The maximum atomic E-state index is 11.9. The molecule has 1 heterocycles. The van der Waals surface area contributed by atoms with Crippen molar-refractivity contribution in [1.82, 2.24) is 19.5 Å². The van der Waals surface area contributed by atoms with Crippen LogP contribution in [0.5, 0.6) is 0 Å². The van der Waals surface area contributed by atoms with Crippen molar-refractivity contribution in [3.05, 3.63) is 0 Å². The molecule has 0 atom stereocenters. The number of nitrogens with one attached hydrogen (secondary N) is 2. The molecule has 1 fully saturated rings. The average Bonchev–Trinajstić information content (AvgIpc) is 2.25. The highest BCUT2D eigenvalue weighted by Crippen LogP contribution is 2.18. The molecule has 17 heavy (non-hydrogen) atoms. The molecule has 0 radical (unpaired) electrons. The molecule has 0 bridgehead atoms. The Bertz CT molecular complexity index is 310. The Morgan fingerprint density at radius 2 is 1.88 bits per heavy atom. The molecule has 2 N–H and O–H groups in total. The molecule has 0 aromatic rings. The number of hydrogen-bond donors (Lipinski definition) is 2. The minimum Gasteiger partial charge on any atom is -0.317 e. The minimum absolute atomic E-state index is 0.598. The SMILES string of the molecule is CCNCC1CCN(S(=O)(=O)NN(C)C)CC1. The van der Waals surface area contributed by atoms with Gasteiger partial charge in [0.05, 0.1) is 0 Å². The molecular formula is C10H24N4O2S. The summed E-state index contributed by atoms with van der Waals surface area (Å²) in [4.78, 5) is 2.46. The summed E-state index contributed by atoms with van der Waals surface area (Å²) in [6, 6.07) is 0. The van der Waals surface area contributed by atoms with E-state index in [9.17, 15) is 8.42 Å². The molecule has 6 nitrogen and oxygen atoms in total. The molecule has 1 aliphatic rings. The fraction of sp³-hybridized carbons (Fsp3) is 1.00. The topological polar surface area (TPSA) is 64.7 Å². The summed E-state index contributed by atoms with van der Waals surface area (Å²) < 4.78 is 25.3. The van der Waals surface area contributed by atoms with Crippen molar-refractivity contribution >= 4 is 10.2 Å². The summed E-state index contributed by atoms with van der Waals surface area (Å²) >= 11 is 0. The van der Waals surface area contributed by atoms with E-state index in [1.54, 1.807) is 14.1 Å². The van der Waals surface area contributed by atoms with Crippen LogP contribution < -0.4 is 10.1 Å². The van der Waals surface area contributed by atoms with Gasteiger partial charge in [0.2, 0.25) is 0 Å². The number of piperidine rings is 1. The molecule has 7 heteroatoms. The van der Waals surface area contributed by atoms with E-state index in [1.165, 1.54) is 9.31 Å². The van der Waals surface area contributed by atoms with Crippen LogP contribution in [-0.4, -0.2) is 58.0 Å². The predicted octanol–water partition coefficient (Wildman–Crippen LogP) is -0.381. The zero-order valence-electron chi connectivity index (χ0n) is 10.9. The second-order valence-electron chi connectivity index (χ2n) is 4.64. The van der Waals surface area contributed by atoms with Crippen molar-refractivity contribution in [2.45, 2.75) is 19.8 Å². The summed E-state index contributed by atoms with van der Waals surface area (Å²) in [6.07, 6.45) is 1.86. The minimum atomic E-state index is -3.34. The highest BCUT2D eigenvalue weighted by molar-refractivity contribution is 7.87. The summed E-state index contributed by atoms with van der Waals surface area (Å²) in [7, 11) is 0.0144. The van der Waals surface area contributed by atoms with Crippen LogP contribution >= 0.6 is 0 Å². The standard InChI is InChI=1S/C10H24N4O2S/c1-4-11-9-10-5-7-14(8-6-10)17(15,16)12-13(2)3/h10-12H,4-9H2,1-3H3. The third-order valence-electron chi connectivity index (χ3n) is 2.89. The molecule has 0 saturated carbocycles. The van der Waals surface area contributed by atoms with E-state index in [0.29, 0.717) is 19.0 Å². The van der Waals surface area contributed by atoms with Gasteiger partial charge in [-0.2, -0.15) is 12.7 Å². The second-order valence-corrected chi connectivity index (χ2v) is 6.29. The van der Waals surface area contributed by atoms with E-state index in [1.807, 2.05) is 0 Å². The molecule has 0 spiro atoms. The first-order chi connectivity index (χ1) is 7.95. The van der Waals surface area contributed by atoms with Crippen LogP contribution in [0.25, 0.3) is 0 Å². The lowest BCUT2D eigenvalue weighted by molar-refractivity contribution is 0.254. The highest BCUT2D eigenvalue weighted by Gasteiger charge is 2.27. The van der Waals surface area contributed by atoms with Crippen molar-refractivity contribution in [1.29, 1.82) is 0 Å². The van der Waals surface area contributed by atoms with Gasteiger partial charge in [-0.1, -0.05) is 6.92 Å². The Morgan fingerprint density at radius 1 is 1.29 bits per heavy atom.